The Morgan fingerprint density at radius 1 is 1.24 bits per heavy atom. The lowest BCUT2D eigenvalue weighted by Gasteiger charge is -2.34. The van der Waals surface area contributed by atoms with E-state index in [2.05, 4.69) is 4.98 Å². The summed E-state index contributed by atoms with van der Waals surface area (Å²) >= 11 is 0. The Balaban J connectivity index is 1.72. The first kappa shape index (κ1) is 20.6. The number of nitrogens with zero attached hydrogens (tertiary/aromatic N) is 3. The van der Waals surface area contributed by atoms with E-state index in [0.29, 0.717) is 12.3 Å². The van der Waals surface area contributed by atoms with Crippen molar-refractivity contribution in [3.05, 3.63) is 52.8 Å². The van der Waals surface area contributed by atoms with E-state index in [-0.39, 0.29) is 17.7 Å². The summed E-state index contributed by atoms with van der Waals surface area (Å²) in [7, 11) is 0. The second kappa shape index (κ2) is 7.69. The van der Waals surface area contributed by atoms with Gasteiger partial charge in [-0.3, -0.25) is 20.0 Å². The van der Waals surface area contributed by atoms with Crippen LogP contribution in [0.25, 0.3) is 11.1 Å². The van der Waals surface area contributed by atoms with Gasteiger partial charge in [-0.15, -0.1) is 0 Å². The van der Waals surface area contributed by atoms with Crippen LogP contribution < -0.4 is 4.74 Å². The van der Waals surface area contributed by atoms with Crippen LogP contribution in [0.4, 0.5) is 10.5 Å². The molecule has 2 aromatic rings. The molecule has 3 rings (SSSR count). The molecule has 1 saturated carbocycles. The molecule has 8 heteroatoms. The predicted octanol–water partition coefficient (Wildman–Crippen LogP) is 4.59. The van der Waals surface area contributed by atoms with Crippen molar-refractivity contribution in [1.29, 1.82) is 0 Å². The van der Waals surface area contributed by atoms with Gasteiger partial charge in [-0.2, -0.15) is 0 Å². The Hall–Kier alpha value is -3.16. The third kappa shape index (κ3) is 5.01. The van der Waals surface area contributed by atoms with Crippen LogP contribution in [0.2, 0.25) is 0 Å². The van der Waals surface area contributed by atoms with E-state index in [0.717, 1.165) is 24.0 Å². The van der Waals surface area contributed by atoms with Gasteiger partial charge in [0, 0.05) is 30.4 Å². The predicted molar refractivity (Wildman–Crippen MR) is 108 cm³/mol. The van der Waals surface area contributed by atoms with Crippen molar-refractivity contribution in [2.75, 3.05) is 13.2 Å². The van der Waals surface area contributed by atoms with Crippen molar-refractivity contribution in [1.82, 2.24) is 9.88 Å². The first-order valence-corrected chi connectivity index (χ1v) is 9.43. The summed E-state index contributed by atoms with van der Waals surface area (Å²) in [6.07, 6.45) is 3.85. The zero-order chi connectivity index (χ0) is 21.2. The third-order valence-corrected chi connectivity index (χ3v) is 4.90. The number of amides is 1. The number of ether oxygens (including phenoxy) is 1. The van der Waals surface area contributed by atoms with Crippen LogP contribution in [0.15, 0.2) is 42.7 Å². The van der Waals surface area contributed by atoms with Crippen LogP contribution in [0.1, 0.15) is 33.6 Å². The first-order valence-electron chi connectivity index (χ1n) is 9.43. The van der Waals surface area contributed by atoms with Crippen LogP contribution in [0, 0.1) is 15.5 Å². The number of benzene rings is 1. The number of hydrogen-bond donors (Lipinski definition) is 1. The van der Waals surface area contributed by atoms with Gasteiger partial charge >= 0.3 is 6.09 Å². The van der Waals surface area contributed by atoms with Crippen molar-refractivity contribution in [3.63, 3.8) is 0 Å². The summed E-state index contributed by atoms with van der Waals surface area (Å²) in [5.41, 5.74) is 0.937. The summed E-state index contributed by atoms with van der Waals surface area (Å²) in [6.45, 7) is 6.74. The summed E-state index contributed by atoms with van der Waals surface area (Å²) in [5.74, 6) is 0.535. The molecule has 1 N–H and O–H groups in total. The molecular weight excluding hydrogens is 374 g/mol. The molecule has 1 amide bonds. The smallest absolute Gasteiger partial charge is 0.407 e. The molecule has 1 aliphatic rings. The molecule has 0 radical (unpaired) electrons. The maximum Gasteiger partial charge on any atom is 0.407 e. The molecule has 154 valence electrons. The number of carbonyl (C=O) groups is 1. The van der Waals surface area contributed by atoms with Gasteiger partial charge in [0.15, 0.2) is 0 Å². The minimum atomic E-state index is -0.932. The Morgan fingerprint density at radius 2 is 1.90 bits per heavy atom. The molecule has 0 unspecified atom stereocenters. The molecule has 0 bridgehead atoms. The molecule has 8 nitrogen and oxygen atoms in total. The van der Waals surface area contributed by atoms with Crippen molar-refractivity contribution >= 4 is 11.8 Å². The van der Waals surface area contributed by atoms with Gasteiger partial charge in [0.1, 0.15) is 12.4 Å². The zero-order valence-corrected chi connectivity index (χ0v) is 16.8. The Labute approximate surface area is 169 Å². The highest BCUT2D eigenvalue weighted by Crippen LogP contribution is 2.43. The standard InChI is InChI=1S/C21H25N3O5/c1-20(2,3)13-23(19(25)26)21(8-9-21)14-29-18-10-16(11-22-12-18)15-4-6-17(7-5-15)24(27)28/h4-7,10-12H,8-9,13-14H2,1-3H3,(H,25,26). The maximum atomic E-state index is 11.8. The maximum absolute atomic E-state index is 11.8. The number of non-ortho nitro benzene ring substituents is 1. The van der Waals surface area contributed by atoms with Crippen molar-refractivity contribution in [3.8, 4) is 16.9 Å². The van der Waals surface area contributed by atoms with Crippen LogP contribution in [0.5, 0.6) is 5.75 Å². The Bertz CT molecular complexity index is 901. The minimum Gasteiger partial charge on any atom is -0.490 e. The van der Waals surface area contributed by atoms with Gasteiger partial charge in [0.05, 0.1) is 16.7 Å². The van der Waals surface area contributed by atoms with Gasteiger partial charge in [-0.05, 0) is 42.0 Å². The Kier molecular flexibility index (Phi) is 5.46. The molecule has 0 atom stereocenters. The highest BCUT2D eigenvalue weighted by molar-refractivity contribution is 5.67. The zero-order valence-electron chi connectivity index (χ0n) is 16.8. The van der Waals surface area contributed by atoms with E-state index in [4.69, 9.17) is 4.74 Å². The SMILES string of the molecule is CC(C)(C)CN(C(=O)O)C1(COc2cncc(-c3ccc([N+](=O)[O-])cc3)c2)CC1. The van der Waals surface area contributed by atoms with E-state index in [1.165, 1.54) is 17.0 Å². The lowest BCUT2D eigenvalue weighted by Crippen LogP contribution is -2.48. The summed E-state index contributed by atoms with van der Waals surface area (Å²) in [4.78, 5) is 27.9. The fourth-order valence-corrected chi connectivity index (χ4v) is 3.20. The number of nitro benzene ring substituents is 1. The molecule has 1 aromatic heterocycles. The lowest BCUT2D eigenvalue weighted by molar-refractivity contribution is -0.384. The molecule has 1 heterocycles. The first-order chi connectivity index (χ1) is 13.6. The second-order valence-corrected chi connectivity index (χ2v) is 8.66. The molecule has 0 saturated heterocycles. The largest absolute Gasteiger partial charge is 0.490 e. The number of nitro groups is 1. The summed E-state index contributed by atoms with van der Waals surface area (Å²) in [6, 6.07) is 8.02. The molecule has 0 aliphatic heterocycles. The molecule has 1 fully saturated rings. The molecular formula is C21H25N3O5. The Morgan fingerprint density at radius 3 is 2.41 bits per heavy atom. The van der Waals surface area contributed by atoms with E-state index >= 15 is 0 Å². The van der Waals surface area contributed by atoms with Crippen LogP contribution in [0.3, 0.4) is 0 Å². The van der Waals surface area contributed by atoms with Gasteiger partial charge in [0.2, 0.25) is 0 Å². The van der Waals surface area contributed by atoms with Gasteiger partial charge in [-0.1, -0.05) is 20.8 Å². The van der Waals surface area contributed by atoms with Crippen molar-refractivity contribution in [2.24, 2.45) is 5.41 Å². The van der Waals surface area contributed by atoms with Gasteiger partial charge < -0.3 is 9.84 Å². The monoisotopic (exact) mass is 399 g/mol. The molecule has 1 aromatic carbocycles. The highest BCUT2D eigenvalue weighted by atomic mass is 16.6. The van der Waals surface area contributed by atoms with E-state index in [9.17, 15) is 20.0 Å². The fourth-order valence-electron chi connectivity index (χ4n) is 3.20. The number of pyridine rings is 1. The van der Waals surface area contributed by atoms with Crippen LogP contribution in [-0.2, 0) is 0 Å². The minimum absolute atomic E-state index is 0.0254. The third-order valence-electron chi connectivity index (χ3n) is 4.90. The number of hydrogen-bond acceptors (Lipinski definition) is 5. The summed E-state index contributed by atoms with van der Waals surface area (Å²) in [5, 5.41) is 20.5. The van der Waals surface area contributed by atoms with Gasteiger partial charge in [0.25, 0.3) is 5.69 Å². The molecule has 29 heavy (non-hydrogen) atoms. The molecule has 0 spiro atoms. The quantitative estimate of drug-likeness (QED) is 0.539. The average Bonchev–Trinajstić information content (AvgIpc) is 3.45. The lowest BCUT2D eigenvalue weighted by atomic mass is 9.95. The van der Waals surface area contributed by atoms with Crippen molar-refractivity contribution in [2.45, 2.75) is 39.2 Å². The fraction of sp³-hybridized carbons (Fsp3) is 0.429. The molecule has 1 aliphatic carbocycles. The van der Waals surface area contributed by atoms with E-state index < -0.39 is 16.6 Å². The summed E-state index contributed by atoms with van der Waals surface area (Å²) < 4.78 is 5.93. The highest BCUT2D eigenvalue weighted by Gasteiger charge is 2.52. The number of carboxylic acid groups (broad SMARTS) is 1. The van der Waals surface area contributed by atoms with Crippen LogP contribution >= 0.6 is 0 Å². The van der Waals surface area contributed by atoms with E-state index in [1.807, 2.05) is 20.8 Å². The van der Waals surface area contributed by atoms with Crippen molar-refractivity contribution < 1.29 is 19.6 Å². The average molecular weight is 399 g/mol. The van der Waals surface area contributed by atoms with E-state index in [1.54, 1.807) is 30.6 Å². The second-order valence-electron chi connectivity index (χ2n) is 8.66. The normalized spacial score (nSPS) is 14.9. The van der Waals surface area contributed by atoms with Crippen LogP contribution in [-0.4, -0.2) is 44.7 Å². The number of rotatable bonds is 7. The number of aromatic nitrogens is 1. The topological polar surface area (TPSA) is 106 Å². The van der Waals surface area contributed by atoms with Gasteiger partial charge in [-0.25, -0.2) is 4.79 Å².